The first kappa shape index (κ1) is 33.5. The Morgan fingerprint density at radius 3 is 1.98 bits per heavy atom. The third-order valence-corrected chi connectivity index (χ3v) is 8.61. The van der Waals surface area contributed by atoms with Gasteiger partial charge in [0.1, 0.15) is 30.5 Å². The lowest BCUT2D eigenvalue weighted by Gasteiger charge is -2.22. The monoisotopic (exact) mass is 666 g/mol. The van der Waals surface area contributed by atoms with E-state index in [0.29, 0.717) is 38.6 Å². The number of imidazole rings is 2. The van der Waals surface area contributed by atoms with Crippen molar-refractivity contribution in [1.82, 2.24) is 40.4 Å². The zero-order chi connectivity index (χ0) is 34.5. The Balaban J connectivity index is 1.24. The molecule has 0 fully saturated rings. The van der Waals surface area contributed by atoms with Crippen LogP contribution in [0.2, 0.25) is 0 Å². The Morgan fingerprint density at radius 1 is 0.837 bits per heavy atom. The molecule has 3 amide bonds. The van der Waals surface area contributed by atoms with Gasteiger partial charge in [0.2, 0.25) is 11.8 Å². The topological polar surface area (TPSA) is 158 Å². The molecule has 4 N–H and O–H groups in total. The van der Waals surface area contributed by atoms with Crippen molar-refractivity contribution in [2.45, 2.75) is 46.4 Å². The summed E-state index contributed by atoms with van der Waals surface area (Å²) in [7, 11) is 3.03. The number of benzene rings is 3. The number of likely N-dealkylation sites (N-methyl/N-ethyl adjacent to an activating group) is 1. The van der Waals surface area contributed by atoms with Crippen molar-refractivity contribution < 1.29 is 23.9 Å². The van der Waals surface area contributed by atoms with Crippen LogP contribution in [-0.4, -0.2) is 88.0 Å². The predicted molar refractivity (Wildman–Crippen MR) is 187 cm³/mol. The van der Waals surface area contributed by atoms with E-state index in [2.05, 4.69) is 78.6 Å². The van der Waals surface area contributed by atoms with Gasteiger partial charge in [0.05, 0.1) is 50.5 Å². The van der Waals surface area contributed by atoms with Gasteiger partial charge in [-0.25, -0.2) is 14.8 Å². The lowest BCUT2D eigenvalue weighted by Crippen LogP contribution is -2.40. The number of hydrogen-bond donors (Lipinski definition) is 4. The first-order valence-electron chi connectivity index (χ1n) is 16.6. The van der Waals surface area contributed by atoms with Crippen LogP contribution in [0.25, 0.3) is 44.1 Å². The van der Waals surface area contributed by atoms with E-state index in [1.54, 1.807) is 18.1 Å². The molecule has 0 unspecified atom stereocenters. The van der Waals surface area contributed by atoms with Crippen molar-refractivity contribution in [1.29, 1.82) is 0 Å². The zero-order valence-corrected chi connectivity index (χ0v) is 28.3. The molecule has 13 nitrogen and oxygen atoms in total. The minimum atomic E-state index is -0.647. The molecule has 3 aromatic carbocycles. The lowest BCUT2D eigenvalue weighted by atomic mass is 9.92. The summed E-state index contributed by atoms with van der Waals surface area (Å²) in [4.78, 5) is 56.2. The van der Waals surface area contributed by atoms with E-state index in [9.17, 15) is 14.4 Å². The molecule has 0 spiro atoms. The fourth-order valence-corrected chi connectivity index (χ4v) is 6.33. The van der Waals surface area contributed by atoms with Gasteiger partial charge in [0, 0.05) is 29.6 Å². The Morgan fingerprint density at radius 2 is 1.41 bits per heavy atom. The van der Waals surface area contributed by atoms with Crippen LogP contribution in [-0.2, 0) is 34.0 Å². The van der Waals surface area contributed by atoms with Gasteiger partial charge in [-0.05, 0) is 65.9 Å². The van der Waals surface area contributed by atoms with E-state index in [1.807, 2.05) is 18.0 Å². The molecular formula is C36H42N8O5. The summed E-state index contributed by atoms with van der Waals surface area (Å²) in [6.07, 6.45) is 4.58. The van der Waals surface area contributed by atoms with Crippen LogP contribution >= 0.6 is 0 Å². The summed E-state index contributed by atoms with van der Waals surface area (Å²) < 4.78 is 10.9. The summed E-state index contributed by atoms with van der Waals surface area (Å²) in [5, 5.41) is 9.78. The smallest absolute Gasteiger partial charge is 0.407 e. The van der Waals surface area contributed by atoms with Crippen LogP contribution in [0.5, 0.6) is 5.75 Å². The van der Waals surface area contributed by atoms with Crippen molar-refractivity contribution in [2.75, 3.05) is 40.3 Å². The number of methoxy groups -OCH3 is 1. The van der Waals surface area contributed by atoms with Crippen molar-refractivity contribution >= 4 is 39.5 Å². The number of nitrogens with zero attached hydrogens (tertiary/aromatic N) is 4. The second kappa shape index (κ2) is 14.8. The van der Waals surface area contributed by atoms with Crippen molar-refractivity contribution in [3.8, 4) is 28.3 Å². The van der Waals surface area contributed by atoms with Gasteiger partial charge in [-0.1, -0.05) is 26.0 Å². The highest BCUT2D eigenvalue weighted by Crippen LogP contribution is 2.43. The number of H-pyrrole nitrogens is 2. The number of ether oxygens (including phenoxy) is 2. The molecule has 5 aromatic rings. The average Bonchev–Trinajstić information content (AvgIpc) is 3.79. The van der Waals surface area contributed by atoms with E-state index < -0.39 is 6.09 Å². The van der Waals surface area contributed by atoms with E-state index in [0.717, 1.165) is 74.0 Å². The average molecular weight is 667 g/mol. The maximum absolute atomic E-state index is 12.8. The number of rotatable bonds is 14. The minimum absolute atomic E-state index is 0.0431. The number of amides is 3. The highest BCUT2D eigenvalue weighted by atomic mass is 16.5. The summed E-state index contributed by atoms with van der Waals surface area (Å²) in [5.41, 5.74) is 4.72. The number of carbonyl (C=O) groups excluding carboxylic acids is 3. The molecule has 1 aliphatic heterocycles. The molecule has 0 aliphatic carbocycles. The normalized spacial score (nSPS) is 11.9. The molecule has 1 aliphatic rings. The summed E-state index contributed by atoms with van der Waals surface area (Å²) in [6.45, 7) is 6.52. The third-order valence-electron chi connectivity index (χ3n) is 8.61. The lowest BCUT2D eigenvalue weighted by molar-refractivity contribution is -0.131. The van der Waals surface area contributed by atoms with Crippen molar-refractivity contribution in [3.05, 3.63) is 66.0 Å². The largest absolute Gasteiger partial charge is 0.488 e. The van der Waals surface area contributed by atoms with E-state index in [1.165, 1.54) is 7.11 Å². The van der Waals surface area contributed by atoms with E-state index >= 15 is 0 Å². The van der Waals surface area contributed by atoms with Crippen LogP contribution in [0.15, 0.2) is 48.8 Å². The summed E-state index contributed by atoms with van der Waals surface area (Å²) in [5.74, 6) is 2.03. The molecule has 0 radical (unpaired) electrons. The van der Waals surface area contributed by atoms with Crippen LogP contribution in [0.3, 0.4) is 0 Å². The summed E-state index contributed by atoms with van der Waals surface area (Å²) >= 11 is 0. The number of hydrogen-bond acceptors (Lipinski definition) is 8. The molecule has 0 saturated carbocycles. The van der Waals surface area contributed by atoms with Gasteiger partial charge >= 0.3 is 6.09 Å². The standard InChI is InChI=1S/C36H42N8O5/c1-5-9-43(32(45)17-37-3)19-30-39-16-28(42-30)25-12-23-8-7-22-11-24(13-26-21-49-29(14-25)35(23)34(22)26)27-15-38-31(41-27)20-44(10-6-2)33(46)18-40-36(47)48-4/h7-8,11-16,37H,5-6,9-10,17-21H2,1-4H3,(H,38,41)(H,39,42)(H,40,47). The van der Waals surface area contributed by atoms with Crippen LogP contribution in [0, 0.1) is 0 Å². The summed E-state index contributed by atoms with van der Waals surface area (Å²) in [6, 6.07) is 12.7. The van der Waals surface area contributed by atoms with Gasteiger partial charge in [-0.2, -0.15) is 0 Å². The Kier molecular flexibility index (Phi) is 10.1. The predicted octanol–water partition coefficient (Wildman–Crippen LogP) is 4.72. The maximum atomic E-state index is 12.8. The molecule has 6 rings (SSSR count). The molecular weight excluding hydrogens is 624 g/mol. The van der Waals surface area contributed by atoms with Gasteiger partial charge in [0.15, 0.2) is 0 Å². The van der Waals surface area contributed by atoms with Gasteiger partial charge < -0.3 is 39.9 Å². The molecule has 3 heterocycles. The number of aromatic amines is 2. The molecule has 0 atom stereocenters. The maximum Gasteiger partial charge on any atom is 0.407 e. The SMILES string of the molecule is CCCN(Cc1ncc(-c2cc3c4c(ccc5cc(-c6cnc(CN(CCC)C(=O)CNC(=O)OC)[nH]6)cc(c54)CO3)c2)[nH]1)C(=O)CNC. The number of alkyl carbamates (subject to hydrolysis) is 1. The van der Waals surface area contributed by atoms with Crippen molar-refractivity contribution in [3.63, 3.8) is 0 Å². The van der Waals surface area contributed by atoms with Gasteiger partial charge in [0.25, 0.3) is 0 Å². The highest BCUT2D eigenvalue weighted by Gasteiger charge is 2.22. The first-order chi connectivity index (χ1) is 23.8. The quantitative estimate of drug-likeness (QED) is 0.124. The molecule has 13 heteroatoms. The fourth-order valence-electron chi connectivity index (χ4n) is 6.33. The minimum Gasteiger partial charge on any atom is -0.488 e. The second-order valence-corrected chi connectivity index (χ2v) is 12.2. The number of carbonyl (C=O) groups is 3. The van der Waals surface area contributed by atoms with Crippen molar-refractivity contribution in [2.24, 2.45) is 0 Å². The fraction of sp³-hybridized carbons (Fsp3) is 0.361. The van der Waals surface area contributed by atoms with E-state index in [4.69, 9.17) is 4.74 Å². The molecule has 0 saturated heterocycles. The van der Waals surface area contributed by atoms with Gasteiger partial charge in [-0.15, -0.1) is 0 Å². The number of aromatic nitrogens is 4. The number of nitrogens with one attached hydrogen (secondary N) is 4. The third kappa shape index (κ3) is 7.21. The highest BCUT2D eigenvalue weighted by molar-refractivity contribution is 6.14. The second-order valence-electron chi connectivity index (χ2n) is 12.2. The first-order valence-corrected chi connectivity index (χ1v) is 16.6. The molecule has 256 valence electrons. The van der Waals surface area contributed by atoms with Crippen LogP contribution < -0.4 is 15.4 Å². The Bertz CT molecular complexity index is 2000. The molecule has 49 heavy (non-hydrogen) atoms. The van der Waals surface area contributed by atoms with E-state index in [-0.39, 0.29) is 24.9 Å². The zero-order valence-electron chi connectivity index (χ0n) is 28.3. The van der Waals surface area contributed by atoms with Crippen LogP contribution in [0.1, 0.15) is 43.9 Å². The Hall–Kier alpha value is -5.43. The Labute approximate surface area is 284 Å². The molecule has 2 aromatic heterocycles. The van der Waals surface area contributed by atoms with Crippen LogP contribution in [0.4, 0.5) is 4.79 Å². The molecule has 0 bridgehead atoms. The van der Waals surface area contributed by atoms with Gasteiger partial charge in [-0.3, -0.25) is 9.59 Å².